The number of unbranched alkanes of at least 4 members (excludes halogenated alkanes) is 1. The van der Waals surface area contributed by atoms with Crippen LogP contribution in [0.2, 0.25) is 10.0 Å². The van der Waals surface area contributed by atoms with E-state index in [2.05, 4.69) is 0 Å². The molecule has 2 heterocycles. The molecule has 0 atom stereocenters. The molecule has 7 aromatic rings. The van der Waals surface area contributed by atoms with E-state index in [9.17, 15) is 38.5 Å². The topological polar surface area (TPSA) is 227 Å². The summed E-state index contributed by atoms with van der Waals surface area (Å²) in [6, 6.07) is 30.7. The third kappa shape index (κ3) is 16.9. The van der Waals surface area contributed by atoms with Crippen LogP contribution < -0.4 is 4.74 Å². The third-order valence-electron chi connectivity index (χ3n) is 12.4. The molecule has 0 fully saturated rings. The van der Waals surface area contributed by atoms with Crippen molar-refractivity contribution in [1.82, 2.24) is 9.13 Å². The first-order chi connectivity index (χ1) is 38.4. The van der Waals surface area contributed by atoms with Crippen molar-refractivity contribution in [1.29, 1.82) is 0 Å². The van der Waals surface area contributed by atoms with E-state index in [-0.39, 0.29) is 84.1 Å². The minimum atomic E-state index is -3.58. The van der Waals surface area contributed by atoms with Crippen LogP contribution >= 0.6 is 38.8 Å². The molecule has 0 unspecified atom stereocenters. The maximum atomic E-state index is 13.5. The minimum Gasteiger partial charge on any atom is -0.465 e. The first-order valence-corrected chi connectivity index (χ1v) is 29.7. The third-order valence-corrected chi connectivity index (χ3v) is 16.2. The van der Waals surface area contributed by atoms with Gasteiger partial charge in [0.25, 0.3) is 11.8 Å². The Morgan fingerprint density at radius 1 is 0.500 bits per heavy atom. The van der Waals surface area contributed by atoms with Crippen molar-refractivity contribution in [3.63, 3.8) is 0 Å². The summed E-state index contributed by atoms with van der Waals surface area (Å²) in [6.07, 6.45) is 1.31. The van der Waals surface area contributed by atoms with E-state index in [4.69, 9.17) is 59.8 Å². The predicted molar refractivity (Wildman–Crippen MR) is 305 cm³/mol. The van der Waals surface area contributed by atoms with Crippen LogP contribution in [0.25, 0.3) is 21.8 Å². The summed E-state index contributed by atoms with van der Waals surface area (Å²) >= 11 is 12.0. The van der Waals surface area contributed by atoms with Gasteiger partial charge < -0.3 is 19.7 Å². The molecule has 18 nitrogen and oxygen atoms in total. The highest BCUT2D eigenvalue weighted by Crippen LogP contribution is 2.50. The quantitative estimate of drug-likeness (QED) is 0.0211. The summed E-state index contributed by atoms with van der Waals surface area (Å²) in [4.78, 5) is 52.6. The molecule has 0 aliphatic carbocycles. The molecular weight excluding hydrogens is 1110 g/mol. The first kappa shape index (κ1) is 63.4. The van der Waals surface area contributed by atoms with Gasteiger partial charge in [0.15, 0.2) is 0 Å². The van der Waals surface area contributed by atoms with Gasteiger partial charge in [-0.15, -0.1) is 0 Å². The van der Waals surface area contributed by atoms with Gasteiger partial charge in [0.1, 0.15) is 5.75 Å². The van der Waals surface area contributed by atoms with Crippen LogP contribution in [0.3, 0.4) is 0 Å². The normalized spacial score (nSPS) is 11.7. The zero-order valence-electron chi connectivity index (χ0n) is 45.4. The number of phosphoric acid groups is 2. The fourth-order valence-electron chi connectivity index (χ4n) is 8.60. The fourth-order valence-corrected chi connectivity index (χ4v) is 11.2. The van der Waals surface area contributed by atoms with Crippen LogP contribution in [0.1, 0.15) is 100 Å². The van der Waals surface area contributed by atoms with Crippen molar-refractivity contribution < 1.29 is 75.1 Å². The molecule has 2 aromatic heterocycles. The van der Waals surface area contributed by atoms with E-state index in [1.165, 1.54) is 0 Å². The molecule has 7 rings (SSSR count). The summed E-state index contributed by atoms with van der Waals surface area (Å²) in [5.74, 6) is -1.11. The van der Waals surface area contributed by atoms with Crippen LogP contribution in [0.4, 0.5) is 0 Å². The summed E-state index contributed by atoms with van der Waals surface area (Å²) in [6.45, 7) is 11.3. The van der Waals surface area contributed by atoms with E-state index in [1.807, 2.05) is 0 Å². The fraction of sp³-hybridized carbons (Fsp3) is 0.345. The van der Waals surface area contributed by atoms with Crippen molar-refractivity contribution in [3.8, 4) is 5.75 Å². The standard InChI is InChI=1S/C31H33ClNO8P.C27H33ClNO8P/c1-4-38-42(37,39-5-2)40-17-16-22-6-13-26(14-7-22)41-30(35)19-27-21(3)33(29-15-8-23(20-34)18-28(27)29)31(36)24-9-11-25(32)12-10-24;1-4-35-38(33,36-5-2)37-15-7-6-14-34-26(31)17-23-19(3)29(25-13-8-20(18-30)16-24(23)25)27(32)21-9-11-22(28)12-10-21/h6-15,18,34H,4-5,16-17,19-20H2,1-3H3;8-13,16,30H,4-7,14-15,17-18H2,1-3H3. The largest absolute Gasteiger partial charge is 0.474 e. The van der Waals surface area contributed by atoms with E-state index in [0.29, 0.717) is 102 Å². The minimum absolute atomic E-state index is 0.0432. The number of benzene rings is 5. The maximum absolute atomic E-state index is 13.5. The average Bonchev–Trinajstić information content (AvgIpc) is 3.90. The lowest BCUT2D eigenvalue weighted by Gasteiger charge is -2.16. The Morgan fingerprint density at radius 3 is 1.32 bits per heavy atom. The smallest absolute Gasteiger partial charge is 0.465 e. The Morgan fingerprint density at radius 2 is 0.900 bits per heavy atom. The van der Waals surface area contributed by atoms with Gasteiger partial charge >= 0.3 is 27.6 Å². The number of halogens is 2. The summed E-state index contributed by atoms with van der Waals surface area (Å²) < 4.78 is 69.9. The second-order valence-corrected chi connectivity index (χ2v) is 22.0. The number of ether oxygens (including phenoxy) is 2. The van der Waals surface area contributed by atoms with Crippen LogP contribution in [-0.4, -0.2) is 89.3 Å². The van der Waals surface area contributed by atoms with Gasteiger partial charge in [0.05, 0.1) is 83.3 Å². The zero-order valence-corrected chi connectivity index (χ0v) is 48.7. The number of rotatable bonds is 27. The molecule has 0 aliphatic heterocycles. The van der Waals surface area contributed by atoms with Crippen molar-refractivity contribution in [3.05, 3.63) is 170 Å². The van der Waals surface area contributed by atoms with Gasteiger partial charge in [0, 0.05) is 43.3 Å². The number of aliphatic hydroxyl groups excluding tert-OH is 2. The lowest BCUT2D eigenvalue weighted by molar-refractivity contribution is -0.143. The number of aromatic nitrogens is 2. The number of phosphoric ester groups is 2. The number of hydrogen-bond donors (Lipinski definition) is 2. The Hall–Kier alpha value is -5.82. The number of carbonyl (C=O) groups excluding carboxylic acids is 4. The molecule has 0 saturated heterocycles. The number of fused-ring (bicyclic) bond motifs is 2. The molecule has 22 heteroatoms. The average molecular weight is 1180 g/mol. The molecule has 428 valence electrons. The van der Waals surface area contributed by atoms with Crippen molar-refractivity contribution >= 4 is 84.4 Å². The van der Waals surface area contributed by atoms with Gasteiger partial charge in [0.2, 0.25) is 0 Å². The number of nitrogens with zero attached hydrogens (tertiary/aromatic N) is 2. The molecule has 0 radical (unpaired) electrons. The molecule has 0 amide bonds. The monoisotopic (exact) mass is 1180 g/mol. The summed E-state index contributed by atoms with van der Waals surface area (Å²) in [5, 5.41) is 21.8. The molecule has 80 heavy (non-hydrogen) atoms. The highest BCUT2D eigenvalue weighted by atomic mass is 35.5. The van der Waals surface area contributed by atoms with Crippen LogP contribution in [-0.2, 0) is 83.1 Å². The zero-order chi connectivity index (χ0) is 58.0. The summed E-state index contributed by atoms with van der Waals surface area (Å²) in [7, 11) is -7.14. The predicted octanol–water partition coefficient (Wildman–Crippen LogP) is 12.5. The van der Waals surface area contributed by atoms with Crippen molar-refractivity contribution in [2.75, 3.05) is 46.2 Å². The van der Waals surface area contributed by atoms with E-state index >= 15 is 0 Å². The number of carbonyl (C=O) groups is 4. The highest BCUT2D eigenvalue weighted by Gasteiger charge is 2.28. The number of hydrogen-bond acceptors (Lipinski definition) is 16. The Kier molecular flexibility index (Phi) is 24.0. The van der Waals surface area contributed by atoms with Crippen LogP contribution in [0.5, 0.6) is 5.75 Å². The number of esters is 2. The molecular formula is C58H66Cl2N2O16P2. The van der Waals surface area contributed by atoms with Crippen LogP contribution in [0, 0.1) is 13.8 Å². The van der Waals surface area contributed by atoms with Crippen molar-refractivity contribution in [2.24, 2.45) is 0 Å². The summed E-state index contributed by atoms with van der Waals surface area (Å²) in [5.41, 5.74) is 6.86. The van der Waals surface area contributed by atoms with E-state index in [1.54, 1.807) is 160 Å². The molecule has 5 aromatic carbocycles. The highest BCUT2D eigenvalue weighted by molar-refractivity contribution is 7.48. The van der Waals surface area contributed by atoms with Gasteiger partial charge in [-0.2, -0.15) is 0 Å². The molecule has 0 saturated carbocycles. The van der Waals surface area contributed by atoms with Gasteiger partial charge in [-0.25, -0.2) is 9.13 Å². The lowest BCUT2D eigenvalue weighted by Crippen LogP contribution is -2.15. The second-order valence-electron chi connectivity index (χ2n) is 17.8. The Labute approximate surface area is 474 Å². The Balaban J connectivity index is 0.000000259. The first-order valence-electron chi connectivity index (χ1n) is 26.0. The van der Waals surface area contributed by atoms with E-state index < -0.39 is 27.6 Å². The van der Waals surface area contributed by atoms with Crippen LogP contribution in [0.15, 0.2) is 109 Å². The van der Waals surface area contributed by atoms with E-state index in [0.717, 1.165) is 5.56 Å². The van der Waals surface area contributed by atoms with Gasteiger partial charge in [-0.05, 0) is 174 Å². The van der Waals surface area contributed by atoms with Crippen molar-refractivity contribution in [2.45, 2.75) is 86.9 Å². The molecule has 2 N–H and O–H groups in total. The molecule has 0 aliphatic rings. The lowest BCUT2D eigenvalue weighted by atomic mass is 10.1. The molecule has 0 spiro atoms. The second kappa shape index (κ2) is 30.3. The van der Waals surface area contributed by atoms with Gasteiger partial charge in [-0.3, -0.25) is 55.5 Å². The molecule has 0 bridgehead atoms. The number of aliphatic hydroxyl groups is 2. The SMILES string of the molecule is CCOP(=O)(OCC)OCCCCOC(=O)Cc1c(C)n(C(=O)c2ccc(Cl)cc2)c2ccc(CO)cc12.CCOP(=O)(OCC)OCCc1ccc(OC(=O)Cc2c(C)n(C(=O)c3ccc(Cl)cc3)c3ccc(CO)cc23)cc1. The maximum Gasteiger partial charge on any atom is 0.474 e. The Bertz CT molecular complexity index is 3320. The van der Waals surface area contributed by atoms with Gasteiger partial charge in [-0.1, -0.05) is 47.5 Å².